The van der Waals surface area contributed by atoms with Gasteiger partial charge in [0, 0.05) is 23.6 Å². The van der Waals surface area contributed by atoms with Crippen molar-refractivity contribution in [2.75, 3.05) is 20.3 Å². The normalized spacial score (nSPS) is 17.0. The van der Waals surface area contributed by atoms with Gasteiger partial charge in [0.15, 0.2) is 11.5 Å². The van der Waals surface area contributed by atoms with Gasteiger partial charge in [-0.25, -0.2) is 4.57 Å². The van der Waals surface area contributed by atoms with E-state index in [1.165, 1.54) is 12.0 Å². The fourth-order valence-electron chi connectivity index (χ4n) is 4.27. The molecule has 1 aliphatic rings. The lowest BCUT2D eigenvalue weighted by atomic mass is 9.95. The van der Waals surface area contributed by atoms with Gasteiger partial charge in [-0.3, -0.25) is 14.6 Å². The molecule has 1 fully saturated rings. The standard InChI is InChI=1S/C27H28ClN3O5/c1-3-15-36-21-10-7-19(16-22(21)35-2)24-23(25(32)18-5-8-20(28)9-6-18)26(33)27(34)31(24)13-4-12-30-14-11-29-17-30/h5-11,14,16-17,24H,3-4,12-13,15H2,1-2H3,(H,32,33). The molecule has 1 N–H and O–H groups in total. The number of aromatic amines is 1. The second-order valence-electron chi connectivity index (χ2n) is 8.44. The molecular weight excluding hydrogens is 482 g/mol. The average molecular weight is 510 g/mol. The summed E-state index contributed by atoms with van der Waals surface area (Å²) in [6, 6.07) is 10.7. The molecule has 0 aliphatic carbocycles. The minimum atomic E-state index is -0.849. The lowest BCUT2D eigenvalue weighted by molar-refractivity contribution is -0.695. The van der Waals surface area contributed by atoms with E-state index in [4.69, 9.17) is 21.1 Å². The number of likely N-dealkylation sites (tertiary alicyclic amines) is 1. The average Bonchev–Trinajstić information content (AvgIpc) is 3.49. The molecule has 3 aromatic rings. The zero-order valence-electron chi connectivity index (χ0n) is 20.2. The number of methoxy groups -OCH3 is 1. The Morgan fingerprint density at radius 1 is 1.17 bits per heavy atom. The Balaban J connectivity index is 1.75. The van der Waals surface area contributed by atoms with Crippen LogP contribution in [0, 0.1) is 0 Å². The van der Waals surface area contributed by atoms with Crippen molar-refractivity contribution in [1.82, 2.24) is 9.88 Å². The van der Waals surface area contributed by atoms with E-state index in [2.05, 4.69) is 4.98 Å². The number of H-pyrrole nitrogens is 1. The van der Waals surface area contributed by atoms with Crippen LogP contribution >= 0.6 is 11.6 Å². The van der Waals surface area contributed by atoms with Crippen molar-refractivity contribution >= 4 is 29.1 Å². The first-order chi connectivity index (χ1) is 17.4. The molecule has 4 rings (SSSR count). The quantitative estimate of drug-likeness (QED) is 0.196. The zero-order valence-corrected chi connectivity index (χ0v) is 21.0. The smallest absolute Gasteiger partial charge is 0.295 e. The largest absolute Gasteiger partial charge is 0.872 e. The van der Waals surface area contributed by atoms with Crippen LogP contribution in [-0.4, -0.2) is 41.8 Å². The molecule has 0 bridgehead atoms. The molecule has 1 aromatic heterocycles. The highest BCUT2D eigenvalue weighted by Gasteiger charge is 2.44. The monoisotopic (exact) mass is 509 g/mol. The van der Waals surface area contributed by atoms with Crippen molar-refractivity contribution in [2.24, 2.45) is 0 Å². The SMILES string of the molecule is CCCOc1ccc(C2/C(=C(\[O-])c3ccc(Cl)cc3)C(=O)C(=O)N2CCC[n+]2cc[nH]c2)cc1OC. The van der Waals surface area contributed by atoms with Crippen molar-refractivity contribution in [2.45, 2.75) is 32.4 Å². The number of benzene rings is 2. The summed E-state index contributed by atoms with van der Waals surface area (Å²) in [5.41, 5.74) is 0.808. The molecule has 1 amide bonds. The molecule has 188 valence electrons. The number of hydrogen-bond acceptors (Lipinski definition) is 5. The van der Waals surface area contributed by atoms with Crippen LogP contribution in [0.4, 0.5) is 0 Å². The van der Waals surface area contributed by atoms with Crippen molar-refractivity contribution < 1.29 is 28.7 Å². The van der Waals surface area contributed by atoms with Crippen LogP contribution in [0.15, 0.2) is 66.8 Å². The highest BCUT2D eigenvalue weighted by atomic mass is 35.5. The third-order valence-electron chi connectivity index (χ3n) is 6.02. The van der Waals surface area contributed by atoms with Crippen LogP contribution < -0.4 is 19.1 Å². The van der Waals surface area contributed by atoms with E-state index in [0.717, 1.165) is 6.42 Å². The van der Waals surface area contributed by atoms with Gasteiger partial charge in [-0.15, -0.1) is 0 Å². The van der Waals surface area contributed by atoms with E-state index in [0.29, 0.717) is 53.8 Å². The number of imidazole rings is 1. The zero-order chi connectivity index (χ0) is 25.7. The number of aryl methyl sites for hydroxylation is 1. The topological polar surface area (TPSA) is 98.6 Å². The van der Waals surface area contributed by atoms with E-state index in [9.17, 15) is 14.7 Å². The maximum absolute atomic E-state index is 13.5. The Hall–Kier alpha value is -3.78. The summed E-state index contributed by atoms with van der Waals surface area (Å²) < 4.78 is 13.2. The Labute approximate surface area is 214 Å². The Morgan fingerprint density at radius 2 is 1.94 bits per heavy atom. The molecule has 1 aliphatic heterocycles. The molecule has 8 nitrogen and oxygen atoms in total. The molecule has 0 saturated carbocycles. The number of carbonyl (C=O) groups excluding carboxylic acids is 2. The highest BCUT2D eigenvalue weighted by Crippen LogP contribution is 2.41. The number of aromatic nitrogens is 2. The predicted molar refractivity (Wildman–Crippen MR) is 132 cm³/mol. The molecule has 1 atom stereocenters. The van der Waals surface area contributed by atoms with Crippen LogP contribution in [0.2, 0.25) is 5.02 Å². The Kier molecular flexibility index (Phi) is 7.95. The summed E-state index contributed by atoms with van der Waals surface area (Å²) in [7, 11) is 1.53. The van der Waals surface area contributed by atoms with E-state index < -0.39 is 23.5 Å². The first kappa shape index (κ1) is 25.3. The summed E-state index contributed by atoms with van der Waals surface area (Å²) in [5.74, 6) is -0.961. The van der Waals surface area contributed by atoms with Crippen LogP contribution in [0.3, 0.4) is 0 Å². The number of ketones is 1. The number of rotatable bonds is 10. The van der Waals surface area contributed by atoms with Gasteiger partial charge in [-0.1, -0.05) is 42.5 Å². The van der Waals surface area contributed by atoms with Crippen LogP contribution in [0.1, 0.15) is 36.9 Å². The van der Waals surface area contributed by atoms with Crippen molar-refractivity contribution in [3.05, 3.63) is 82.9 Å². The number of halogens is 1. The van der Waals surface area contributed by atoms with Gasteiger partial charge in [0.2, 0.25) is 12.1 Å². The van der Waals surface area contributed by atoms with E-state index in [1.807, 2.05) is 24.0 Å². The van der Waals surface area contributed by atoms with Gasteiger partial charge in [-0.2, -0.15) is 0 Å². The summed E-state index contributed by atoms with van der Waals surface area (Å²) in [6.45, 7) is 3.46. The van der Waals surface area contributed by atoms with Gasteiger partial charge in [0.1, 0.15) is 12.4 Å². The fourth-order valence-corrected chi connectivity index (χ4v) is 4.40. The maximum Gasteiger partial charge on any atom is 0.295 e. The first-order valence-electron chi connectivity index (χ1n) is 11.8. The number of amides is 1. The summed E-state index contributed by atoms with van der Waals surface area (Å²) in [4.78, 5) is 30.8. The summed E-state index contributed by atoms with van der Waals surface area (Å²) in [6.07, 6.45) is 6.93. The van der Waals surface area contributed by atoms with Gasteiger partial charge >= 0.3 is 0 Å². The maximum atomic E-state index is 13.5. The first-order valence-corrected chi connectivity index (χ1v) is 12.2. The lowest BCUT2D eigenvalue weighted by Gasteiger charge is -2.28. The second-order valence-corrected chi connectivity index (χ2v) is 8.88. The van der Waals surface area contributed by atoms with E-state index >= 15 is 0 Å². The van der Waals surface area contributed by atoms with Gasteiger partial charge in [-0.05, 0) is 41.8 Å². The number of carbonyl (C=O) groups is 2. The van der Waals surface area contributed by atoms with Gasteiger partial charge < -0.3 is 19.5 Å². The molecule has 2 heterocycles. The molecule has 2 aromatic carbocycles. The van der Waals surface area contributed by atoms with Crippen molar-refractivity contribution in [3.63, 3.8) is 0 Å². The number of Topliss-reactive ketones (excluding diaryl/α,β-unsaturated/α-hetero) is 1. The minimum absolute atomic E-state index is 0.0825. The number of ether oxygens (including phenoxy) is 2. The minimum Gasteiger partial charge on any atom is -0.872 e. The number of hydrogen-bond donors (Lipinski definition) is 1. The second kappa shape index (κ2) is 11.3. The number of nitrogens with one attached hydrogen (secondary N) is 1. The number of nitrogens with zero attached hydrogens (tertiary/aromatic N) is 2. The van der Waals surface area contributed by atoms with Crippen LogP contribution in [-0.2, 0) is 16.1 Å². The van der Waals surface area contributed by atoms with E-state index in [1.54, 1.807) is 48.7 Å². The lowest BCUT2D eigenvalue weighted by Crippen LogP contribution is -2.36. The van der Waals surface area contributed by atoms with Crippen molar-refractivity contribution in [3.8, 4) is 11.5 Å². The van der Waals surface area contributed by atoms with Crippen molar-refractivity contribution in [1.29, 1.82) is 0 Å². The third-order valence-corrected chi connectivity index (χ3v) is 6.27. The highest BCUT2D eigenvalue weighted by molar-refractivity contribution is 6.46. The third kappa shape index (κ3) is 5.23. The van der Waals surface area contributed by atoms with E-state index in [-0.39, 0.29) is 5.57 Å². The molecule has 9 heteroatoms. The molecular formula is C27H28ClN3O5. The van der Waals surface area contributed by atoms with Crippen LogP contribution in [0.5, 0.6) is 11.5 Å². The molecule has 0 radical (unpaired) electrons. The van der Waals surface area contributed by atoms with Gasteiger partial charge in [0.25, 0.3) is 5.91 Å². The summed E-state index contributed by atoms with van der Waals surface area (Å²) >= 11 is 5.98. The molecule has 1 saturated heterocycles. The molecule has 0 spiro atoms. The Bertz CT molecular complexity index is 1250. The van der Waals surface area contributed by atoms with Gasteiger partial charge in [0.05, 0.1) is 26.3 Å². The molecule has 1 unspecified atom stereocenters. The predicted octanol–water partition coefficient (Wildman–Crippen LogP) is 3.07. The Morgan fingerprint density at radius 3 is 2.61 bits per heavy atom. The summed E-state index contributed by atoms with van der Waals surface area (Å²) in [5, 5.41) is 14.0. The fraction of sp³-hybridized carbons (Fsp3) is 0.296. The molecule has 36 heavy (non-hydrogen) atoms. The van der Waals surface area contributed by atoms with Crippen LogP contribution in [0.25, 0.3) is 5.76 Å².